The summed E-state index contributed by atoms with van der Waals surface area (Å²) >= 11 is 1.40. The quantitative estimate of drug-likeness (QED) is 0.703. The van der Waals surface area contributed by atoms with E-state index in [4.69, 9.17) is 0 Å². The molecule has 0 amide bonds. The van der Waals surface area contributed by atoms with E-state index in [2.05, 4.69) is 4.74 Å². The Morgan fingerprint density at radius 2 is 2.17 bits per heavy atom. The van der Waals surface area contributed by atoms with Gasteiger partial charge in [-0.25, -0.2) is 4.79 Å². The molecule has 0 aliphatic carbocycles. The van der Waals surface area contributed by atoms with Crippen LogP contribution in [0.3, 0.4) is 0 Å². The maximum absolute atomic E-state index is 9.98. The first kappa shape index (κ1) is 7.31. The summed E-state index contributed by atoms with van der Waals surface area (Å²) < 4.78 is 4.67. The third-order valence-corrected chi connectivity index (χ3v) is 2.50. The first-order chi connectivity index (χ1) is 5.92. The number of hydrogen-bond donors (Lipinski definition) is 0. The summed E-state index contributed by atoms with van der Waals surface area (Å²) in [5, 5.41) is 4.61. The van der Waals surface area contributed by atoms with Crippen LogP contribution in [-0.4, -0.2) is 6.47 Å². The highest BCUT2D eigenvalue weighted by Crippen LogP contribution is 2.32. The van der Waals surface area contributed by atoms with Crippen molar-refractivity contribution in [3.05, 3.63) is 29.6 Å². The van der Waals surface area contributed by atoms with E-state index < -0.39 is 0 Å². The Labute approximate surface area is 73.4 Å². The Balaban J connectivity index is 2.62. The molecule has 1 aromatic heterocycles. The van der Waals surface area contributed by atoms with Gasteiger partial charge in [0.2, 0.25) is 0 Å². The second-order valence-electron chi connectivity index (χ2n) is 2.30. The largest absolute Gasteiger partial charge is 0.424 e. The molecule has 59 valence electrons. The SMILES string of the molecule is O=[C]Oc1scc2ccccc12. The zero-order valence-corrected chi connectivity index (χ0v) is 6.93. The molecule has 0 spiro atoms. The number of carbonyl (C=O) groups excluding carboxylic acids is 1. The average Bonchev–Trinajstić information content (AvgIpc) is 2.50. The lowest BCUT2D eigenvalue weighted by Gasteiger charge is -1.91. The van der Waals surface area contributed by atoms with Gasteiger partial charge >= 0.3 is 6.47 Å². The smallest absolute Gasteiger partial charge is 0.406 e. The molecule has 0 saturated heterocycles. The van der Waals surface area contributed by atoms with Crippen LogP contribution in [0.4, 0.5) is 0 Å². The molecular weight excluding hydrogens is 172 g/mol. The minimum absolute atomic E-state index is 0.612. The van der Waals surface area contributed by atoms with Crippen molar-refractivity contribution in [3.8, 4) is 5.06 Å². The topological polar surface area (TPSA) is 26.3 Å². The lowest BCUT2D eigenvalue weighted by molar-refractivity contribution is 0.451. The summed E-state index contributed by atoms with van der Waals surface area (Å²) in [5.41, 5.74) is 0. The van der Waals surface area contributed by atoms with E-state index in [1.54, 1.807) is 0 Å². The van der Waals surface area contributed by atoms with E-state index in [0.29, 0.717) is 5.06 Å². The molecule has 0 saturated carbocycles. The van der Waals surface area contributed by atoms with Crippen molar-refractivity contribution < 1.29 is 9.53 Å². The minimum atomic E-state index is 0.612. The number of hydrogen-bond acceptors (Lipinski definition) is 3. The molecule has 12 heavy (non-hydrogen) atoms. The fraction of sp³-hybridized carbons (Fsp3) is 0. The molecule has 0 atom stereocenters. The normalized spacial score (nSPS) is 10.0. The third kappa shape index (κ3) is 1.08. The van der Waals surface area contributed by atoms with Gasteiger partial charge < -0.3 is 4.74 Å². The van der Waals surface area contributed by atoms with E-state index in [9.17, 15) is 4.79 Å². The molecular formula is C9H5O2S. The first-order valence-electron chi connectivity index (χ1n) is 3.42. The van der Waals surface area contributed by atoms with Gasteiger partial charge in [0.1, 0.15) is 0 Å². The minimum Gasteiger partial charge on any atom is -0.406 e. The number of fused-ring (bicyclic) bond motifs is 1. The zero-order chi connectivity index (χ0) is 8.39. The summed E-state index contributed by atoms with van der Waals surface area (Å²) in [6.45, 7) is 1.42. The number of ether oxygens (including phenoxy) is 1. The molecule has 2 nitrogen and oxygen atoms in total. The van der Waals surface area contributed by atoms with Crippen LogP contribution in [0.1, 0.15) is 0 Å². The van der Waals surface area contributed by atoms with Gasteiger partial charge in [-0.1, -0.05) is 18.2 Å². The van der Waals surface area contributed by atoms with Crippen LogP contribution in [0.15, 0.2) is 29.6 Å². The van der Waals surface area contributed by atoms with Gasteiger partial charge in [0.05, 0.1) is 0 Å². The lowest BCUT2D eigenvalue weighted by Crippen LogP contribution is -1.84. The summed E-state index contributed by atoms with van der Waals surface area (Å²) in [6.07, 6.45) is 0. The molecule has 2 aromatic rings. The van der Waals surface area contributed by atoms with Crippen molar-refractivity contribution in [2.45, 2.75) is 0 Å². The van der Waals surface area contributed by atoms with Crippen LogP contribution in [0.5, 0.6) is 5.06 Å². The van der Waals surface area contributed by atoms with Gasteiger partial charge in [0.15, 0.2) is 5.06 Å². The van der Waals surface area contributed by atoms with Crippen molar-refractivity contribution in [2.75, 3.05) is 0 Å². The summed E-state index contributed by atoms with van der Waals surface area (Å²) in [4.78, 5) is 9.98. The van der Waals surface area contributed by atoms with Crippen molar-refractivity contribution in [1.29, 1.82) is 0 Å². The van der Waals surface area contributed by atoms with Crippen LogP contribution < -0.4 is 4.74 Å². The van der Waals surface area contributed by atoms with Crippen molar-refractivity contribution >= 4 is 28.6 Å². The van der Waals surface area contributed by atoms with Crippen LogP contribution >= 0.6 is 11.3 Å². The van der Waals surface area contributed by atoms with E-state index in [1.165, 1.54) is 17.8 Å². The zero-order valence-electron chi connectivity index (χ0n) is 6.11. The van der Waals surface area contributed by atoms with Gasteiger partial charge in [-0.2, -0.15) is 0 Å². The molecule has 0 N–H and O–H groups in total. The van der Waals surface area contributed by atoms with Gasteiger partial charge in [0.25, 0.3) is 0 Å². The van der Waals surface area contributed by atoms with E-state index >= 15 is 0 Å². The third-order valence-electron chi connectivity index (χ3n) is 1.61. The predicted molar refractivity (Wildman–Crippen MR) is 48.1 cm³/mol. The maximum Gasteiger partial charge on any atom is 0.424 e. The molecule has 0 unspecified atom stereocenters. The fourth-order valence-electron chi connectivity index (χ4n) is 1.08. The number of rotatable bonds is 2. The Kier molecular flexibility index (Phi) is 1.80. The Bertz CT molecular complexity index is 406. The van der Waals surface area contributed by atoms with Gasteiger partial charge in [-0.3, -0.25) is 0 Å². The van der Waals surface area contributed by atoms with Crippen LogP contribution in [-0.2, 0) is 4.79 Å². The molecule has 3 heteroatoms. The van der Waals surface area contributed by atoms with Gasteiger partial charge in [0, 0.05) is 10.8 Å². The second kappa shape index (κ2) is 2.95. The van der Waals surface area contributed by atoms with Crippen LogP contribution in [0.25, 0.3) is 10.8 Å². The van der Waals surface area contributed by atoms with Gasteiger partial charge in [-0.15, -0.1) is 11.3 Å². The summed E-state index contributed by atoms with van der Waals surface area (Å²) in [5.74, 6) is 0. The lowest BCUT2D eigenvalue weighted by atomic mass is 10.2. The molecule has 2 rings (SSSR count). The molecule has 0 fully saturated rings. The highest BCUT2D eigenvalue weighted by molar-refractivity contribution is 7.13. The summed E-state index contributed by atoms with van der Waals surface area (Å²) in [7, 11) is 0. The molecule has 0 aliphatic heterocycles. The van der Waals surface area contributed by atoms with Gasteiger partial charge in [-0.05, 0) is 11.5 Å². The van der Waals surface area contributed by atoms with E-state index in [0.717, 1.165) is 10.8 Å². The highest BCUT2D eigenvalue weighted by Gasteiger charge is 2.03. The fourth-order valence-corrected chi connectivity index (χ4v) is 1.92. The first-order valence-corrected chi connectivity index (χ1v) is 4.30. The molecule has 0 aliphatic rings. The molecule has 1 radical (unpaired) electrons. The Morgan fingerprint density at radius 1 is 1.33 bits per heavy atom. The van der Waals surface area contributed by atoms with Crippen molar-refractivity contribution in [1.82, 2.24) is 0 Å². The monoisotopic (exact) mass is 177 g/mol. The Hall–Kier alpha value is -1.35. The highest BCUT2D eigenvalue weighted by atomic mass is 32.1. The van der Waals surface area contributed by atoms with E-state index in [1.807, 2.05) is 29.6 Å². The van der Waals surface area contributed by atoms with Crippen LogP contribution in [0, 0.1) is 0 Å². The maximum atomic E-state index is 9.98. The standard InChI is InChI=1S/C9H5O2S/c10-6-11-9-8-4-2-1-3-7(8)5-12-9/h1-5H. The molecule has 0 bridgehead atoms. The number of benzene rings is 1. The van der Waals surface area contributed by atoms with Crippen molar-refractivity contribution in [3.63, 3.8) is 0 Å². The second-order valence-corrected chi connectivity index (χ2v) is 3.14. The Morgan fingerprint density at radius 3 is 3.00 bits per heavy atom. The van der Waals surface area contributed by atoms with Crippen LogP contribution in [0.2, 0.25) is 0 Å². The molecule has 1 heterocycles. The van der Waals surface area contributed by atoms with Crippen molar-refractivity contribution in [2.24, 2.45) is 0 Å². The average molecular weight is 177 g/mol. The summed E-state index contributed by atoms with van der Waals surface area (Å²) in [6, 6.07) is 7.75. The predicted octanol–water partition coefficient (Wildman–Crippen LogP) is 2.35. The van der Waals surface area contributed by atoms with E-state index in [-0.39, 0.29) is 0 Å². The number of thiophene rings is 1. The molecule has 1 aromatic carbocycles.